The summed E-state index contributed by atoms with van der Waals surface area (Å²) in [5, 5.41) is 22.9. The van der Waals surface area contributed by atoms with Gasteiger partial charge >= 0.3 is 12.1 Å². The summed E-state index contributed by atoms with van der Waals surface area (Å²) >= 11 is 0. The number of azo groups is 1. The second-order valence-electron chi connectivity index (χ2n) is 11.5. The van der Waals surface area contributed by atoms with Gasteiger partial charge in [0.1, 0.15) is 19.3 Å². The van der Waals surface area contributed by atoms with Crippen LogP contribution < -0.4 is 10.6 Å². The van der Waals surface area contributed by atoms with E-state index in [1.54, 1.807) is 30.3 Å². The predicted molar refractivity (Wildman–Crippen MR) is 191 cm³/mol. The second kappa shape index (κ2) is 23.5. The maximum Gasteiger partial charge on any atom is 0.416 e. The molecule has 2 amide bonds. The summed E-state index contributed by atoms with van der Waals surface area (Å²) < 4.78 is 66.2. The molecule has 0 aliphatic rings. The fraction of sp³-hybridized carbons (Fsp3) is 0.395. The van der Waals surface area contributed by atoms with Gasteiger partial charge in [0.2, 0.25) is 0 Å². The van der Waals surface area contributed by atoms with Crippen LogP contribution in [-0.4, -0.2) is 107 Å². The molecule has 3 N–H and O–H groups in total. The van der Waals surface area contributed by atoms with Gasteiger partial charge in [-0.3, -0.25) is 9.59 Å². The van der Waals surface area contributed by atoms with Crippen molar-refractivity contribution in [1.29, 1.82) is 0 Å². The molecule has 290 valence electrons. The highest BCUT2D eigenvalue weighted by Crippen LogP contribution is 2.25. The summed E-state index contributed by atoms with van der Waals surface area (Å²) in [6.45, 7) is 4.17. The fourth-order valence-corrected chi connectivity index (χ4v) is 4.52. The molecule has 54 heavy (non-hydrogen) atoms. The van der Waals surface area contributed by atoms with Crippen molar-refractivity contribution in [2.45, 2.75) is 37.7 Å². The lowest BCUT2D eigenvalue weighted by Gasteiger charge is -2.26. The minimum Gasteiger partial charge on any atom is -0.462 e. The molecule has 0 spiro atoms. The average Bonchev–Trinajstić information content (AvgIpc) is 3.16. The molecule has 0 aliphatic heterocycles. The molecule has 3 aromatic rings. The van der Waals surface area contributed by atoms with Crippen molar-refractivity contribution in [3.8, 4) is 12.3 Å². The fourth-order valence-electron chi connectivity index (χ4n) is 4.52. The maximum absolute atomic E-state index is 13.3. The molecule has 0 radical (unpaired) electrons. The molecule has 3 aromatic carbocycles. The van der Waals surface area contributed by atoms with E-state index in [9.17, 15) is 32.7 Å². The molecule has 16 heteroatoms. The van der Waals surface area contributed by atoms with Crippen LogP contribution in [0.15, 0.2) is 89.1 Å². The predicted octanol–water partition coefficient (Wildman–Crippen LogP) is 4.73. The Hall–Kier alpha value is -5.18. The highest BCUT2D eigenvalue weighted by Gasteiger charge is 2.44. The molecule has 0 saturated carbocycles. The van der Waals surface area contributed by atoms with E-state index < -0.39 is 42.1 Å². The molecule has 3 atom stereocenters. The van der Waals surface area contributed by atoms with Gasteiger partial charge in [0, 0.05) is 11.1 Å². The first-order chi connectivity index (χ1) is 26.0. The number of alkyl halides is 3. The number of hydrogen-bond acceptors (Lipinski definition) is 11. The van der Waals surface area contributed by atoms with E-state index in [4.69, 9.17) is 30.1 Å². The second-order valence-corrected chi connectivity index (χ2v) is 11.5. The highest BCUT2D eigenvalue weighted by atomic mass is 19.4. The Morgan fingerprint density at radius 2 is 1.19 bits per heavy atom. The zero-order chi connectivity index (χ0) is 39.2. The van der Waals surface area contributed by atoms with Gasteiger partial charge in [0.05, 0.1) is 63.7 Å². The molecule has 0 bridgehead atoms. The van der Waals surface area contributed by atoms with Crippen LogP contribution in [0.25, 0.3) is 0 Å². The van der Waals surface area contributed by atoms with Gasteiger partial charge in [-0.05, 0) is 67.4 Å². The van der Waals surface area contributed by atoms with E-state index in [2.05, 4.69) is 26.8 Å². The molecule has 0 fully saturated rings. The van der Waals surface area contributed by atoms with E-state index in [-0.39, 0.29) is 37.4 Å². The van der Waals surface area contributed by atoms with Crippen LogP contribution in [0.1, 0.15) is 33.2 Å². The number of terminal acetylenes is 1. The van der Waals surface area contributed by atoms with E-state index in [0.29, 0.717) is 56.6 Å². The van der Waals surface area contributed by atoms with E-state index in [1.165, 1.54) is 55.5 Å². The summed E-state index contributed by atoms with van der Waals surface area (Å²) in [6, 6.07) is 17.4. The zero-order valence-electron chi connectivity index (χ0n) is 29.6. The normalized spacial score (nSPS) is 13.1. The maximum atomic E-state index is 13.3. The Balaban J connectivity index is 1.37. The number of halogens is 3. The molecular formula is C38H43F3N4O9. The first kappa shape index (κ1) is 43.2. The SMILES string of the molecule is C#CCOCCOCCOCCOCCOC(=O)[C@@H](C)NC(=O)c1ccc(N=Nc2ccc(C(=O)NC(Cc3ccccc3)C(O)C(F)(F)F)cc2)cc1. The van der Waals surface area contributed by atoms with Crippen molar-refractivity contribution in [3.05, 3.63) is 95.6 Å². The summed E-state index contributed by atoms with van der Waals surface area (Å²) in [5.74, 6) is 0.416. The summed E-state index contributed by atoms with van der Waals surface area (Å²) in [7, 11) is 0. The lowest BCUT2D eigenvalue weighted by Crippen LogP contribution is -2.51. The van der Waals surface area contributed by atoms with Gasteiger partial charge in [0.15, 0.2) is 6.10 Å². The third-order valence-electron chi connectivity index (χ3n) is 7.35. The third-order valence-corrected chi connectivity index (χ3v) is 7.35. The lowest BCUT2D eigenvalue weighted by molar-refractivity contribution is -0.211. The Kier molecular flexibility index (Phi) is 18.8. The number of hydrogen-bond donors (Lipinski definition) is 3. The van der Waals surface area contributed by atoms with Crippen LogP contribution in [0.2, 0.25) is 0 Å². The van der Waals surface area contributed by atoms with Gasteiger partial charge in [-0.1, -0.05) is 36.3 Å². The monoisotopic (exact) mass is 756 g/mol. The number of nitrogens with one attached hydrogen (secondary N) is 2. The van der Waals surface area contributed by atoms with Crippen LogP contribution in [0.5, 0.6) is 0 Å². The van der Waals surface area contributed by atoms with Crippen LogP contribution in [0.3, 0.4) is 0 Å². The molecule has 0 heterocycles. The Morgan fingerprint density at radius 1 is 0.722 bits per heavy atom. The molecule has 3 rings (SSSR count). The minimum atomic E-state index is -4.93. The van der Waals surface area contributed by atoms with E-state index >= 15 is 0 Å². The van der Waals surface area contributed by atoms with E-state index in [0.717, 1.165) is 0 Å². The molecule has 13 nitrogen and oxygen atoms in total. The number of nitrogens with zero attached hydrogens (tertiary/aromatic N) is 2. The van der Waals surface area contributed by atoms with E-state index in [1.807, 2.05) is 0 Å². The van der Waals surface area contributed by atoms with Crippen molar-refractivity contribution in [2.24, 2.45) is 10.2 Å². The summed E-state index contributed by atoms with van der Waals surface area (Å²) in [5.41, 5.74) is 1.57. The number of aliphatic hydroxyl groups is 1. The number of rotatable bonds is 23. The molecule has 0 aromatic heterocycles. The van der Waals surface area contributed by atoms with Crippen molar-refractivity contribution in [2.75, 3.05) is 59.5 Å². The number of carbonyl (C=O) groups excluding carboxylic acids is 3. The number of ether oxygens (including phenoxy) is 5. The number of carbonyl (C=O) groups is 3. The molecular weight excluding hydrogens is 713 g/mol. The van der Waals surface area contributed by atoms with Crippen molar-refractivity contribution >= 4 is 29.2 Å². The van der Waals surface area contributed by atoms with Crippen LogP contribution in [0, 0.1) is 12.3 Å². The van der Waals surface area contributed by atoms with Crippen LogP contribution in [0.4, 0.5) is 24.5 Å². The van der Waals surface area contributed by atoms with Crippen LogP contribution >= 0.6 is 0 Å². The Labute approximate surface area is 311 Å². The Bertz CT molecular complexity index is 1650. The average molecular weight is 757 g/mol. The smallest absolute Gasteiger partial charge is 0.416 e. The molecule has 0 saturated heterocycles. The number of amides is 2. The van der Waals surface area contributed by atoms with Crippen molar-refractivity contribution in [1.82, 2.24) is 10.6 Å². The first-order valence-corrected chi connectivity index (χ1v) is 16.9. The largest absolute Gasteiger partial charge is 0.462 e. The van der Waals surface area contributed by atoms with Gasteiger partial charge in [-0.15, -0.1) is 6.42 Å². The molecule has 0 aliphatic carbocycles. The van der Waals surface area contributed by atoms with Crippen molar-refractivity contribution in [3.63, 3.8) is 0 Å². The summed E-state index contributed by atoms with van der Waals surface area (Å²) in [6.07, 6.45) is -2.86. The lowest BCUT2D eigenvalue weighted by atomic mass is 10.00. The summed E-state index contributed by atoms with van der Waals surface area (Å²) in [4.78, 5) is 37.7. The molecule has 2 unspecified atom stereocenters. The van der Waals surface area contributed by atoms with Gasteiger partial charge in [-0.2, -0.15) is 23.4 Å². The standard InChI is InChI=1S/C38H43F3N4O9/c1-3-17-50-18-19-51-20-21-52-22-23-53-24-25-54-37(49)27(2)42-35(47)29-9-13-31(14-10-29)44-45-32-15-11-30(12-16-32)36(48)43-33(34(46)38(39,40)41)26-28-7-5-4-6-8-28/h1,4-16,27,33-34,46H,17-26H2,2H3,(H,42,47)(H,43,48)/t27-,33?,34?/m1/s1. The Morgan fingerprint density at radius 3 is 1.67 bits per heavy atom. The highest BCUT2D eigenvalue weighted by molar-refractivity contribution is 5.97. The first-order valence-electron chi connectivity index (χ1n) is 16.9. The quantitative estimate of drug-likeness (QED) is 0.0537. The number of aliphatic hydroxyl groups excluding tert-OH is 1. The number of benzene rings is 3. The third kappa shape index (κ3) is 16.2. The minimum absolute atomic E-state index is 0.00322. The van der Waals surface area contributed by atoms with Crippen LogP contribution in [-0.2, 0) is 34.9 Å². The number of esters is 1. The van der Waals surface area contributed by atoms with Gasteiger partial charge in [0.25, 0.3) is 11.8 Å². The topological polar surface area (TPSA) is 166 Å². The van der Waals surface area contributed by atoms with Gasteiger partial charge in [-0.25, -0.2) is 4.79 Å². The van der Waals surface area contributed by atoms with Crippen molar-refractivity contribution < 1.29 is 56.3 Å². The zero-order valence-corrected chi connectivity index (χ0v) is 29.6. The van der Waals surface area contributed by atoms with Gasteiger partial charge < -0.3 is 39.4 Å².